The van der Waals surface area contributed by atoms with E-state index in [4.69, 9.17) is 5.73 Å². The fourth-order valence-corrected chi connectivity index (χ4v) is 2.93. The number of primary amides is 1. The van der Waals surface area contributed by atoms with Crippen LogP contribution >= 0.6 is 0 Å². The molecule has 116 valence electrons. The highest BCUT2D eigenvalue weighted by molar-refractivity contribution is 5.81. The summed E-state index contributed by atoms with van der Waals surface area (Å²) in [7, 11) is 0. The summed E-state index contributed by atoms with van der Waals surface area (Å²) in [5, 5.41) is 10.7. The van der Waals surface area contributed by atoms with E-state index in [-0.39, 0.29) is 0 Å². The zero-order valence-electron chi connectivity index (χ0n) is 13.0. The molecule has 21 heavy (non-hydrogen) atoms. The lowest BCUT2D eigenvalue weighted by molar-refractivity contribution is -0.150. The first kappa shape index (κ1) is 16.0. The lowest BCUT2D eigenvalue weighted by atomic mass is 9.69. The van der Waals surface area contributed by atoms with Gasteiger partial charge in [-0.25, -0.2) is 0 Å². The topological polar surface area (TPSA) is 66.6 Å². The van der Waals surface area contributed by atoms with Gasteiger partial charge >= 0.3 is 0 Å². The standard InChI is InChI=1S/C17H26N2O2/c1-16(2,15(18)20)17(21)9-12-19(13-10-17)11-8-14-6-4-3-5-7-14/h3-7,21H,8-13H2,1-2H3,(H2,18,20). The maximum Gasteiger partial charge on any atom is 0.225 e. The molecule has 4 nitrogen and oxygen atoms in total. The quantitative estimate of drug-likeness (QED) is 0.865. The zero-order valence-corrected chi connectivity index (χ0v) is 13.0. The van der Waals surface area contributed by atoms with E-state index in [1.165, 1.54) is 5.56 Å². The number of carbonyl (C=O) groups is 1. The smallest absolute Gasteiger partial charge is 0.225 e. The molecule has 0 aliphatic carbocycles. The van der Waals surface area contributed by atoms with Crippen LogP contribution in [-0.2, 0) is 11.2 Å². The SMILES string of the molecule is CC(C)(C(N)=O)C1(O)CCN(CCc2ccccc2)CC1. The molecular formula is C17H26N2O2. The second kappa shape index (κ2) is 6.16. The molecule has 2 rings (SSSR count). The highest BCUT2D eigenvalue weighted by Gasteiger charge is 2.48. The Morgan fingerprint density at radius 3 is 2.38 bits per heavy atom. The molecular weight excluding hydrogens is 264 g/mol. The average Bonchev–Trinajstić information content (AvgIpc) is 2.47. The largest absolute Gasteiger partial charge is 0.389 e. The van der Waals surface area contributed by atoms with Crippen LogP contribution in [0.15, 0.2) is 30.3 Å². The lowest BCUT2D eigenvalue weighted by Gasteiger charge is -2.46. The number of rotatable bonds is 5. The number of nitrogens with two attached hydrogens (primary N) is 1. The number of hydrogen-bond acceptors (Lipinski definition) is 3. The first-order chi connectivity index (χ1) is 9.85. The van der Waals surface area contributed by atoms with Crippen molar-refractivity contribution in [1.29, 1.82) is 0 Å². The molecule has 0 aromatic heterocycles. The van der Waals surface area contributed by atoms with Crippen molar-refractivity contribution in [2.24, 2.45) is 11.1 Å². The number of nitrogens with zero attached hydrogens (tertiary/aromatic N) is 1. The third kappa shape index (κ3) is 3.44. The Morgan fingerprint density at radius 2 is 1.86 bits per heavy atom. The van der Waals surface area contributed by atoms with Crippen LogP contribution in [0, 0.1) is 5.41 Å². The molecule has 1 fully saturated rings. The molecule has 0 radical (unpaired) electrons. The molecule has 1 aliphatic heterocycles. The maximum atomic E-state index is 11.6. The van der Waals surface area contributed by atoms with E-state index < -0.39 is 16.9 Å². The van der Waals surface area contributed by atoms with Crippen molar-refractivity contribution < 1.29 is 9.90 Å². The molecule has 3 N–H and O–H groups in total. The summed E-state index contributed by atoms with van der Waals surface area (Å²) in [6.07, 6.45) is 2.20. The number of hydrogen-bond donors (Lipinski definition) is 2. The van der Waals surface area contributed by atoms with E-state index in [1.807, 2.05) is 6.07 Å². The van der Waals surface area contributed by atoms with E-state index in [1.54, 1.807) is 13.8 Å². The predicted molar refractivity (Wildman–Crippen MR) is 83.7 cm³/mol. The van der Waals surface area contributed by atoms with Crippen molar-refractivity contribution in [3.63, 3.8) is 0 Å². The van der Waals surface area contributed by atoms with Crippen molar-refractivity contribution in [2.75, 3.05) is 19.6 Å². The number of amides is 1. The normalized spacial score (nSPS) is 19.4. The second-order valence-corrected chi connectivity index (χ2v) is 6.60. The monoisotopic (exact) mass is 290 g/mol. The summed E-state index contributed by atoms with van der Waals surface area (Å²) in [4.78, 5) is 13.9. The van der Waals surface area contributed by atoms with Crippen LogP contribution in [0.5, 0.6) is 0 Å². The van der Waals surface area contributed by atoms with Crippen molar-refractivity contribution in [2.45, 2.75) is 38.7 Å². The molecule has 0 atom stereocenters. The summed E-state index contributed by atoms with van der Waals surface area (Å²) in [6, 6.07) is 10.4. The molecule has 0 bridgehead atoms. The second-order valence-electron chi connectivity index (χ2n) is 6.60. The van der Waals surface area contributed by atoms with Crippen molar-refractivity contribution in [3.05, 3.63) is 35.9 Å². The van der Waals surface area contributed by atoms with Crippen LogP contribution in [0.4, 0.5) is 0 Å². The zero-order chi connectivity index (χ0) is 15.5. The summed E-state index contributed by atoms with van der Waals surface area (Å²) in [6.45, 7) is 6.08. The average molecular weight is 290 g/mol. The van der Waals surface area contributed by atoms with E-state index in [9.17, 15) is 9.90 Å². The summed E-state index contributed by atoms with van der Waals surface area (Å²) < 4.78 is 0. The molecule has 1 heterocycles. The van der Waals surface area contributed by atoms with Gasteiger partial charge in [0.15, 0.2) is 0 Å². The molecule has 1 aromatic carbocycles. The van der Waals surface area contributed by atoms with Gasteiger partial charge in [0, 0.05) is 19.6 Å². The third-order valence-corrected chi connectivity index (χ3v) is 5.02. The Kier molecular flexibility index (Phi) is 4.69. The first-order valence-corrected chi connectivity index (χ1v) is 7.64. The summed E-state index contributed by atoms with van der Waals surface area (Å²) in [5.74, 6) is -0.428. The molecule has 1 saturated heterocycles. The minimum atomic E-state index is -0.984. The third-order valence-electron chi connectivity index (χ3n) is 5.02. The van der Waals surface area contributed by atoms with Crippen molar-refractivity contribution in [1.82, 2.24) is 4.90 Å². The number of piperidine rings is 1. The van der Waals surface area contributed by atoms with Gasteiger partial charge in [0.05, 0.1) is 11.0 Å². The fourth-order valence-electron chi connectivity index (χ4n) is 2.93. The van der Waals surface area contributed by atoms with Crippen LogP contribution in [0.2, 0.25) is 0 Å². The molecule has 4 heteroatoms. The Labute approximate surface area is 126 Å². The first-order valence-electron chi connectivity index (χ1n) is 7.64. The van der Waals surface area contributed by atoms with Crippen LogP contribution in [0.25, 0.3) is 0 Å². The number of benzene rings is 1. The number of aliphatic hydroxyl groups is 1. The molecule has 0 saturated carbocycles. The highest BCUT2D eigenvalue weighted by Crippen LogP contribution is 2.38. The Hall–Kier alpha value is -1.39. The summed E-state index contributed by atoms with van der Waals surface area (Å²) >= 11 is 0. The van der Waals surface area contributed by atoms with Crippen LogP contribution in [-0.4, -0.2) is 41.1 Å². The van der Waals surface area contributed by atoms with Crippen molar-refractivity contribution >= 4 is 5.91 Å². The highest BCUT2D eigenvalue weighted by atomic mass is 16.3. The van der Waals surface area contributed by atoms with Gasteiger partial charge in [-0.2, -0.15) is 0 Å². The predicted octanol–water partition coefficient (Wildman–Crippen LogP) is 1.57. The van der Waals surface area contributed by atoms with E-state index in [2.05, 4.69) is 29.2 Å². The molecule has 1 aliphatic rings. The minimum absolute atomic E-state index is 0.428. The number of likely N-dealkylation sites (tertiary alicyclic amines) is 1. The van der Waals surface area contributed by atoms with Crippen LogP contribution < -0.4 is 5.73 Å². The molecule has 0 unspecified atom stereocenters. The lowest BCUT2D eigenvalue weighted by Crippen LogP contribution is -2.57. The number of carbonyl (C=O) groups excluding carboxylic acids is 1. The Balaban J connectivity index is 1.87. The van der Waals surface area contributed by atoms with Crippen LogP contribution in [0.3, 0.4) is 0 Å². The summed E-state index contributed by atoms with van der Waals surface area (Å²) in [5.41, 5.74) is 4.91. The molecule has 0 spiro atoms. The molecule has 1 aromatic rings. The fraction of sp³-hybridized carbons (Fsp3) is 0.588. The van der Waals surface area contributed by atoms with E-state index in [0.29, 0.717) is 12.8 Å². The van der Waals surface area contributed by atoms with Crippen LogP contribution in [0.1, 0.15) is 32.3 Å². The minimum Gasteiger partial charge on any atom is -0.389 e. The van der Waals surface area contributed by atoms with E-state index in [0.717, 1.165) is 26.1 Å². The van der Waals surface area contributed by atoms with Gasteiger partial charge in [0.1, 0.15) is 0 Å². The van der Waals surface area contributed by atoms with Gasteiger partial charge in [-0.15, -0.1) is 0 Å². The van der Waals surface area contributed by atoms with Gasteiger partial charge < -0.3 is 15.7 Å². The van der Waals surface area contributed by atoms with Gasteiger partial charge in [0.25, 0.3) is 0 Å². The molecule has 1 amide bonds. The van der Waals surface area contributed by atoms with Gasteiger partial charge in [0.2, 0.25) is 5.91 Å². The van der Waals surface area contributed by atoms with E-state index >= 15 is 0 Å². The van der Waals surface area contributed by atoms with Gasteiger partial charge in [-0.05, 0) is 38.7 Å². The maximum absolute atomic E-state index is 11.6. The van der Waals surface area contributed by atoms with Crippen molar-refractivity contribution in [3.8, 4) is 0 Å². The Morgan fingerprint density at radius 1 is 1.29 bits per heavy atom. The van der Waals surface area contributed by atoms with Gasteiger partial charge in [-0.3, -0.25) is 4.79 Å². The van der Waals surface area contributed by atoms with Gasteiger partial charge in [-0.1, -0.05) is 30.3 Å². The Bertz CT molecular complexity index is 477.